The minimum atomic E-state index is -1.21. The summed E-state index contributed by atoms with van der Waals surface area (Å²) in [6.07, 6.45) is 0. The number of benzene rings is 1. The van der Waals surface area contributed by atoms with Gasteiger partial charge in [-0.3, -0.25) is 0 Å². The highest BCUT2D eigenvalue weighted by Gasteiger charge is 2.18. The van der Waals surface area contributed by atoms with E-state index in [1.807, 2.05) is 0 Å². The Kier molecular flexibility index (Phi) is 3.03. The first-order valence-electron chi connectivity index (χ1n) is 3.53. The van der Waals surface area contributed by atoms with E-state index in [0.29, 0.717) is 6.07 Å². The summed E-state index contributed by atoms with van der Waals surface area (Å²) in [4.78, 5) is 0. The molecule has 0 saturated heterocycles. The molecule has 0 amide bonds. The second kappa shape index (κ2) is 3.87. The molecule has 0 fully saturated rings. The fourth-order valence-corrected chi connectivity index (χ4v) is 0.967. The van der Waals surface area contributed by atoms with Crippen molar-refractivity contribution in [3.63, 3.8) is 0 Å². The molecule has 0 bridgehead atoms. The van der Waals surface area contributed by atoms with Gasteiger partial charge in [0.05, 0.1) is 6.61 Å². The van der Waals surface area contributed by atoms with E-state index in [4.69, 9.17) is 11.6 Å². The lowest BCUT2D eigenvalue weighted by Gasteiger charge is -2.06. The van der Waals surface area contributed by atoms with Gasteiger partial charge in [-0.25, -0.2) is 13.2 Å². The van der Waals surface area contributed by atoms with Crippen LogP contribution in [0.2, 0.25) is 5.02 Å². The van der Waals surface area contributed by atoms with E-state index in [1.165, 1.54) is 0 Å². The Hall–Kier alpha value is -0.900. The van der Waals surface area contributed by atoms with Gasteiger partial charge in [0.2, 0.25) is 0 Å². The topological polar surface area (TPSA) is 9.23 Å². The number of hydrogen-bond acceptors (Lipinski definition) is 1. The van der Waals surface area contributed by atoms with Crippen LogP contribution in [0.3, 0.4) is 0 Å². The minimum absolute atomic E-state index is 0.0792. The van der Waals surface area contributed by atoms with E-state index < -0.39 is 28.2 Å². The highest BCUT2D eigenvalue weighted by Crippen LogP contribution is 2.30. The Morgan fingerprint density at radius 2 is 1.92 bits per heavy atom. The summed E-state index contributed by atoms with van der Waals surface area (Å²) >= 11 is 5.19. The molecule has 0 spiro atoms. The van der Waals surface area contributed by atoms with E-state index in [0.717, 1.165) is 0 Å². The summed E-state index contributed by atoms with van der Waals surface area (Å²) in [6.45, 7) is 1.63. The van der Waals surface area contributed by atoms with E-state index >= 15 is 0 Å². The van der Waals surface area contributed by atoms with Crippen molar-refractivity contribution in [1.29, 1.82) is 0 Å². The third kappa shape index (κ3) is 1.88. The molecule has 0 N–H and O–H groups in total. The largest absolute Gasteiger partial charge is 0.488 e. The van der Waals surface area contributed by atoms with Crippen molar-refractivity contribution in [2.45, 2.75) is 6.92 Å². The molecule has 1 aromatic carbocycles. The fraction of sp³-hybridized carbons (Fsp3) is 0.250. The standard InChI is InChI=1S/C8H6ClF3O/c1-2-13-8-5(11)3-4(10)6(9)7(8)12/h3H,2H2,1H3. The predicted octanol–water partition coefficient (Wildman–Crippen LogP) is 3.16. The summed E-state index contributed by atoms with van der Waals surface area (Å²) in [6, 6.07) is 0.483. The first-order chi connectivity index (χ1) is 6.07. The summed E-state index contributed by atoms with van der Waals surface area (Å²) in [5.41, 5.74) is 0. The first kappa shape index (κ1) is 10.2. The molecule has 0 radical (unpaired) electrons. The second-order valence-electron chi connectivity index (χ2n) is 2.23. The molecule has 0 aliphatic heterocycles. The maximum absolute atomic E-state index is 13.0. The average molecular weight is 211 g/mol. The fourth-order valence-electron chi connectivity index (χ4n) is 0.826. The SMILES string of the molecule is CCOc1c(F)cc(F)c(Cl)c1F. The lowest BCUT2D eigenvalue weighted by atomic mass is 10.3. The van der Waals surface area contributed by atoms with Crippen LogP contribution < -0.4 is 4.74 Å². The highest BCUT2D eigenvalue weighted by atomic mass is 35.5. The maximum Gasteiger partial charge on any atom is 0.192 e. The molecule has 0 aliphatic rings. The summed E-state index contributed by atoms with van der Waals surface area (Å²) in [5, 5.41) is -0.759. The van der Waals surface area contributed by atoms with Gasteiger partial charge in [-0.15, -0.1) is 0 Å². The molecule has 5 heteroatoms. The van der Waals surface area contributed by atoms with Crippen LogP contribution in [0, 0.1) is 17.5 Å². The number of hydrogen-bond donors (Lipinski definition) is 0. The highest BCUT2D eigenvalue weighted by molar-refractivity contribution is 6.31. The molecule has 1 nitrogen and oxygen atoms in total. The van der Waals surface area contributed by atoms with Gasteiger partial charge in [0.1, 0.15) is 10.8 Å². The second-order valence-corrected chi connectivity index (χ2v) is 2.61. The molecule has 0 unspecified atom stereocenters. The normalized spacial score (nSPS) is 10.2. The minimum Gasteiger partial charge on any atom is -0.488 e. The van der Waals surface area contributed by atoms with Gasteiger partial charge in [0.25, 0.3) is 0 Å². The van der Waals surface area contributed by atoms with E-state index in [-0.39, 0.29) is 6.61 Å². The van der Waals surface area contributed by atoms with Crippen molar-refractivity contribution in [3.05, 3.63) is 28.5 Å². The molecule has 1 aromatic rings. The molecule has 1 rings (SSSR count). The Morgan fingerprint density at radius 3 is 2.46 bits per heavy atom. The van der Waals surface area contributed by atoms with Gasteiger partial charge in [0, 0.05) is 6.07 Å². The molecular weight excluding hydrogens is 205 g/mol. The zero-order valence-electron chi connectivity index (χ0n) is 6.70. The molecule has 0 aliphatic carbocycles. The molecule has 0 heterocycles. The van der Waals surface area contributed by atoms with E-state index in [9.17, 15) is 13.2 Å². The van der Waals surface area contributed by atoms with Gasteiger partial charge < -0.3 is 4.74 Å². The molecule has 0 aromatic heterocycles. The van der Waals surface area contributed by atoms with Gasteiger partial charge >= 0.3 is 0 Å². The van der Waals surface area contributed by atoms with Crippen LogP contribution in [0.15, 0.2) is 6.07 Å². The Labute approximate surface area is 78.1 Å². The predicted molar refractivity (Wildman–Crippen MR) is 42.5 cm³/mol. The Morgan fingerprint density at radius 1 is 1.31 bits per heavy atom. The molecule has 0 atom stereocenters. The van der Waals surface area contributed by atoms with Gasteiger partial charge in [-0.1, -0.05) is 11.6 Å². The number of halogens is 4. The van der Waals surface area contributed by atoms with Crippen molar-refractivity contribution >= 4 is 11.6 Å². The zero-order chi connectivity index (χ0) is 10.0. The number of ether oxygens (including phenoxy) is 1. The van der Waals surface area contributed by atoms with Crippen molar-refractivity contribution < 1.29 is 17.9 Å². The van der Waals surface area contributed by atoms with Crippen LogP contribution in [0.5, 0.6) is 5.75 Å². The first-order valence-corrected chi connectivity index (χ1v) is 3.91. The third-order valence-electron chi connectivity index (χ3n) is 1.36. The van der Waals surface area contributed by atoms with Gasteiger partial charge in [0.15, 0.2) is 17.4 Å². The van der Waals surface area contributed by atoms with Crippen molar-refractivity contribution in [1.82, 2.24) is 0 Å². The lowest BCUT2D eigenvalue weighted by molar-refractivity contribution is 0.301. The van der Waals surface area contributed by atoms with Crippen LogP contribution >= 0.6 is 11.6 Å². The van der Waals surface area contributed by atoms with Gasteiger partial charge in [-0.05, 0) is 6.92 Å². The van der Waals surface area contributed by atoms with Crippen molar-refractivity contribution in [2.24, 2.45) is 0 Å². The lowest BCUT2D eigenvalue weighted by Crippen LogP contribution is -2.00. The van der Waals surface area contributed by atoms with Crippen LogP contribution in [0.1, 0.15) is 6.92 Å². The van der Waals surface area contributed by atoms with Crippen LogP contribution in [-0.4, -0.2) is 6.61 Å². The monoisotopic (exact) mass is 210 g/mol. The third-order valence-corrected chi connectivity index (χ3v) is 1.71. The van der Waals surface area contributed by atoms with E-state index in [2.05, 4.69) is 4.74 Å². The van der Waals surface area contributed by atoms with Crippen LogP contribution in [0.4, 0.5) is 13.2 Å². The van der Waals surface area contributed by atoms with Crippen molar-refractivity contribution in [2.75, 3.05) is 6.61 Å². The van der Waals surface area contributed by atoms with Crippen molar-refractivity contribution in [3.8, 4) is 5.75 Å². The average Bonchev–Trinajstić information content (AvgIpc) is 2.09. The molecule has 72 valence electrons. The smallest absolute Gasteiger partial charge is 0.192 e. The number of rotatable bonds is 2. The van der Waals surface area contributed by atoms with Gasteiger partial charge in [-0.2, -0.15) is 0 Å². The van der Waals surface area contributed by atoms with Crippen LogP contribution in [0.25, 0.3) is 0 Å². The summed E-state index contributed by atoms with van der Waals surface area (Å²) < 4.78 is 43.0. The molecular formula is C8H6ClF3O. The van der Waals surface area contributed by atoms with E-state index in [1.54, 1.807) is 6.92 Å². The van der Waals surface area contributed by atoms with Crippen LogP contribution in [-0.2, 0) is 0 Å². The molecule has 0 saturated carbocycles. The summed E-state index contributed by atoms with van der Waals surface area (Å²) in [5.74, 6) is -4.09. The zero-order valence-corrected chi connectivity index (χ0v) is 7.46. The maximum atomic E-state index is 13.0. The summed E-state index contributed by atoms with van der Waals surface area (Å²) in [7, 11) is 0. The molecule has 13 heavy (non-hydrogen) atoms. The quantitative estimate of drug-likeness (QED) is 0.538. The Balaban J connectivity index is 3.26. The Bertz CT molecular complexity index is 328.